The van der Waals surface area contributed by atoms with E-state index in [1.807, 2.05) is 0 Å². The highest BCUT2D eigenvalue weighted by Gasteiger charge is 2.19. The molecular formula is C11H7Cl2NO3S2. The Kier molecular flexibility index (Phi) is 4.46. The Labute approximate surface area is 126 Å². The van der Waals surface area contributed by atoms with Crippen molar-refractivity contribution in [1.82, 2.24) is 0 Å². The molecule has 2 aromatic rings. The first kappa shape index (κ1) is 14.3. The lowest BCUT2D eigenvalue weighted by Crippen LogP contribution is -2.13. The maximum Gasteiger partial charge on any atom is 0.340 e. The predicted octanol–water partition coefficient (Wildman–Crippen LogP) is 4.16. The molecule has 0 saturated heterocycles. The summed E-state index contributed by atoms with van der Waals surface area (Å²) < 4.78 is 5.35. The van der Waals surface area contributed by atoms with Gasteiger partial charge in [-0.25, -0.2) is 4.79 Å². The molecule has 0 fully saturated rings. The van der Waals surface area contributed by atoms with Gasteiger partial charge in [-0.05, 0) is 17.5 Å². The zero-order valence-corrected chi connectivity index (χ0v) is 12.7. The average Bonchev–Trinajstić information content (AvgIpc) is 2.95. The van der Waals surface area contributed by atoms with Crippen molar-refractivity contribution in [2.24, 2.45) is 0 Å². The minimum absolute atomic E-state index is 0.279. The van der Waals surface area contributed by atoms with Gasteiger partial charge in [0.05, 0.1) is 22.6 Å². The summed E-state index contributed by atoms with van der Waals surface area (Å²) >= 11 is 14.0. The average molecular weight is 336 g/mol. The van der Waals surface area contributed by atoms with Crippen LogP contribution in [0, 0.1) is 0 Å². The first-order chi connectivity index (χ1) is 9.02. The molecule has 0 aliphatic carbocycles. The Hall–Kier alpha value is -1.08. The Morgan fingerprint density at radius 2 is 2.05 bits per heavy atom. The van der Waals surface area contributed by atoms with Gasteiger partial charge >= 0.3 is 5.97 Å². The third-order valence-electron chi connectivity index (χ3n) is 2.20. The molecule has 0 aliphatic heterocycles. The summed E-state index contributed by atoms with van der Waals surface area (Å²) in [7, 11) is 1.28. The van der Waals surface area contributed by atoms with Crippen LogP contribution in [0.25, 0.3) is 0 Å². The van der Waals surface area contributed by atoms with Gasteiger partial charge in [0.15, 0.2) is 0 Å². The number of carbonyl (C=O) groups excluding carboxylic acids is 2. The van der Waals surface area contributed by atoms with Crippen molar-refractivity contribution >= 4 is 62.8 Å². The van der Waals surface area contributed by atoms with Gasteiger partial charge in [-0.2, -0.15) is 0 Å². The Morgan fingerprint density at radius 3 is 2.63 bits per heavy atom. The summed E-state index contributed by atoms with van der Waals surface area (Å²) in [6.07, 6.45) is 0. The number of esters is 1. The molecule has 2 aromatic heterocycles. The van der Waals surface area contributed by atoms with Crippen LogP contribution < -0.4 is 5.32 Å². The van der Waals surface area contributed by atoms with E-state index in [4.69, 9.17) is 23.2 Å². The van der Waals surface area contributed by atoms with Gasteiger partial charge in [-0.15, -0.1) is 22.7 Å². The van der Waals surface area contributed by atoms with Gasteiger partial charge in [0.2, 0.25) is 0 Å². The number of rotatable bonds is 3. The topological polar surface area (TPSA) is 55.4 Å². The van der Waals surface area contributed by atoms with Gasteiger partial charge < -0.3 is 10.1 Å². The zero-order chi connectivity index (χ0) is 14.0. The number of hydrogen-bond acceptors (Lipinski definition) is 5. The van der Waals surface area contributed by atoms with Crippen LogP contribution in [0.2, 0.25) is 8.67 Å². The molecule has 0 spiro atoms. The fraction of sp³-hybridized carbons (Fsp3) is 0.0909. The maximum atomic E-state index is 12.0. The molecule has 1 amide bonds. The number of amides is 1. The normalized spacial score (nSPS) is 10.3. The van der Waals surface area contributed by atoms with Gasteiger partial charge in [-0.1, -0.05) is 23.2 Å². The van der Waals surface area contributed by atoms with Gasteiger partial charge in [0, 0.05) is 0 Å². The van der Waals surface area contributed by atoms with Crippen LogP contribution in [0.5, 0.6) is 0 Å². The van der Waals surface area contributed by atoms with Crippen molar-refractivity contribution in [3.8, 4) is 0 Å². The number of halogens is 2. The van der Waals surface area contributed by atoms with Crippen LogP contribution in [0.3, 0.4) is 0 Å². The van der Waals surface area contributed by atoms with Crippen molar-refractivity contribution in [1.29, 1.82) is 0 Å². The lowest BCUT2D eigenvalue weighted by molar-refractivity contribution is 0.0602. The molecule has 8 heteroatoms. The van der Waals surface area contributed by atoms with Crippen LogP contribution in [0.4, 0.5) is 5.00 Å². The monoisotopic (exact) mass is 335 g/mol. The van der Waals surface area contributed by atoms with Gasteiger partial charge in [0.25, 0.3) is 5.91 Å². The number of ether oxygens (including phenoxy) is 1. The van der Waals surface area contributed by atoms with Crippen LogP contribution in [-0.2, 0) is 4.74 Å². The van der Waals surface area contributed by atoms with Crippen LogP contribution in [0.15, 0.2) is 17.5 Å². The molecule has 0 radical (unpaired) electrons. The minimum atomic E-state index is -0.508. The molecule has 0 aliphatic rings. The Balaban J connectivity index is 2.22. The predicted molar refractivity (Wildman–Crippen MR) is 78.0 cm³/mol. The first-order valence-electron chi connectivity index (χ1n) is 4.95. The molecule has 2 rings (SSSR count). The minimum Gasteiger partial charge on any atom is -0.465 e. The van der Waals surface area contributed by atoms with Gasteiger partial charge in [0.1, 0.15) is 9.34 Å². The molecule has 1 N–H and O–H groups in total. The molecular weight excluding hydrogens is 329 g/mol. The largest absolute Gasteiger partial charge is 0.465 e. The highest BCUT2D eigenvalue weighted by atomic mass is 35.5. The summed E-state index contributed by atoms with van der Waals surface area (Å²) in [5.41, 5.74) is 0.583. The van der Waals surface area contributed by atoms with E-state index in [9.17, 15) is 9.59 Å². The smallest absolute Gasteiger partial charge is 0.340 e. The van der Waals surface area contributed by atoms with Crippen molar-refractivity contribution in [2.75, 3.05) is 12.4 Å². The second kappa shape index (κ2) is 5.92. The number of carbonyl (C=O) groups is 2. The van der Waals surface area contributed by atoms with E-state index in [2.05, 4.69) is 10.1 Å². The Morgan fingerprint density at radius 1 is 1.32 bits per heavy atom. The van der Waals surface area contributed by atoms with Crippen molar-refractivity contribution in [2.45, 2.75) is 0 Å². The number of anilines is 1. The first-order valence-corrected chi connectivity index (χ1v) is 7.40. The maximum absolute atomic E-state index is 12.0. The quantitative estimate of drug-likeness (QED) is 0.857. The summed E-state index contributed by atoms with van der Waals surface area (Å²) in [6.45, 7) is 0. The molecule has 4 nitrogen and oxygen atoms in total. The summed E-state index contributed by atoms with van der Waals surface area (Å²) in [4.78, 5) is 23.5. The van der Waals surface area contributed by atoms with Crippen LogP contribution in [0.1, 0.15) is 20.7 Å². The fourth-order valence-electron chi connectivity index (χ4n) is 1.34. The standard InChI is InChI=1S/C11H7Cl2NO3S2/c1-17-11(16)5-2-3-18-10(5)14-9(15)6-4-7(12)19-8(6)13/h2-4H,1H3,(H,14,15). The zero-order valence-electron chi connectivity index (χ0n) is 9.53. The van der Waals surface area contributed by atoms with E-state index in [1.54, 1.807) is 11.4 Å². The lowest BCUT2D eigenvalue weighted by atomic mass is 10.3. The van der Waals surface area contributed by atoms with Gasteiger partial charge in [-0.3, -0.25) is 4.79 Å². The van der Waals surface area contributed by atoms with Crippen molar-refractivity contribution in [3.63, 3.8) is 0 Å². The number of thiophene rings is 2. The molecule has 0 bridgehead atoms. The SMILES string of the molecule is COC(=O)c1ccsc1NC(=O)c1cc(Cl)sc1Cl. The van der Waals surface area contributed by atoms with E-state index in [0.717, 1.165) is 11.3 Å². The number of hydrogen-bond donors (Lipinski definition) is 1. The Bertz CT molecular complexity index is 636. The highest BCUT2D eigenvalue weighted by molar-refractivity contribution is 7.20. The summed E-state index contributed by atoms with van der Waals surface area (Å²) in [6, 6.07) is 3.06. The van der Waals surface area contributed by atoms with E-state index >= 15 is 0 Å². The third kappa shape index (κ3) is 3.09. The molecule has 0 atom stereocenters. The molecule has 0 aromatic carbocycles. The summed E-state index contributed by atoms with van der Waals surface area (Å²) in [5.74, 6) is -0.924. The highest BCUT2D eigenvalue weighted by Crippen LogP contribution is 2.32. The van der Waals surface area contributed by atoms with Crippen molar-refractivity contribution < 1.29 is 14.3 Å². The second-order valence-corrected chi connectivity index (χ2v) is 6.55. The van der Waals surface area contributed by atoms with E-state index in [1.165, 1.54) is 24.5 Å². The molecule has 2 heterocycles. The number of methoxy groups -OCH3 is 1. The fourth-order valence-corrected chi connectivity index (χ4v) is 3.57. The molecule has 0 unspecified atom stereocenters. The molecule has 19 heavy (non-hydrogen) atoms. The lowest BCUT2D eigenvalue weighted by Gasteiger charge is -2.04. The molecule has 0 saturated carbocycles. The number of nitrogens with one attached hydrogen (secondary N) is 1. The van der Waals surface area contributed by atoms with Crippen LogP contribution in [-0.4, -0.2) is 19.0 Å². The molecule has 100 valence electrons. The second-order valence-electron chi connectivity index (χ2n) is 3.35. The summed E-state index contributed by atoms with van der Waals surface area (Å²) in [5, 5.41) is 4.72. The third-order valence-corrected chi connectivity index (χ3v) is 4.52. The van der Waals surface area contributed by atoms with E-state index in [-0.39, 0.29) is 5.56 Å². The van der Waals surface area contributed by atoms with E-state index < -0.39 is 11.9 Å². The van der Waals surface area contributed by atoms with Crippen molar-refractivity contribution in [3.05, 3.63) is 37.3 Å². The van der Waals surface area contributed by atoms with E-state index in [0.29, 0.717) is 19.2 Å². The van der Waals surface area contributed by atoms with Crippen LogP contribution >= 0.6 is 45.9 Å².